The maximum atomic E-state index is 12.5. The molecule has 104 valence electrons. The lowest BCUT2D eigenvalue weighted by atomic mass is 9.95. The van der Waals surface area contributed by atoms with E-state index in [1.165, 1.54) is 0 Å². The highest BCUT2D eigenvalue weighted by atomic mass is 35.5. The summed E-state index contributed by atoms with van der Waals surface area (Å²) in [6, 6.07) is 13.0. The highest BCUT2D eigenvalue weighted by molar-refractivity contribution is 6.54. The minimum absolute atomic E-state index is 0.176. The lowest BCUT2D eigenvalue weighted by molar-refractivity contribution is -0.123. The van der Waals surface area contributed by atoms with Crippen molar-refractivity contribution in [3.8, 4) is 0 Å². The highest BCUT2D eigenvalue weighted by Crippen LogP contribution is 2.64. The zero-order valence-corrected chi connectivity index (χ0v) is 12.1. The lowest BCUT2D eigenvalue weighted by Gasteiger charge is -2.18. The van der Waals surface area contributed by atoms with Crippen molar-refractivity contribution in [1.29, 1.82) is 0 Å². The fourth-order valence-electron chi connectivity index (χ4n) is 2.43. The molecular formula is C15H13Cl2NO2. The van der Waals surface area contributed by atoms with Crippen LogP contribution < -0.4 is 5.32 Å². The van der Waals surface area contributed by atoms with Crippen LogP contribution in [0.25, 0.3) is 0 Å². The van der Waals surface area contributed by atoms with E-state index >= 15 is 0 Å². The molecular weight excluding hydrogens is 297 g/mol. The van der Waals surface area contributed by atoms with Crippen molar-refractivity contribution in [2.75, 3.05) is 0 Å². The molecule has 1 aromatic heterocycles. The number of carbonyl (C=O) groups is 1. The SMILES string of the molecule is O=C(NCc1ccco1)C1(c2ccccc2)CC1(Cl)Cl. The van der Waals surface area contributed by atoms with E-state index < -0.39 is 9.75 Å². The van der Waals surface area contributed by atoms with Crippen molar-refractivity contribution >= 4 is 29.1 Å². The number of carbonyl (C=O) groups excluding carboxylic acids is 1. The molecule has 1 aromatic carbocycles. The zero-order chi connectivity index (χ0) is 14.2. The summed E-state index contributed by atoms with van der Waals surface area (Å²) < 4.78 is 4.14. The fraction of sp³-hybridized carbons (Fsp3) is 0.267. The molecule has 1 N–H and O–H groups in total. The average Bonchev–Trinajstić information content (AvgIpc) is 2.81. The van der Waals surface area contributed by atoms with E-state index in [0.29, 0.717) is 18.7 Å². The molecule has 1 saturated carbocycles. The monoisotopic (exact) mass is 309 g/mol. The van der Waals surface area contributed by atoms with Crippen LogP contribution in [0.3, 0.4) is 0 Å². The largest absolute Gasteiger partial charge is 0.467 e. The Morgan fingerprint density at radius 1 is 1.20 bits per heavy atom. The molecule has 0 aliphatic heterocycles. The van der Waals surface area contributed by atoms with Gasteiger partial charge in [-0.3, -0.25) is 4.79 Å². The number of hydrogen-bond acceptors (Lipinski definition) is 2. The first kappa shape index (κ1) is 13.5. The maximum absolute atomic E-state index is 12.5. The molecule has 0 saturated heterocycles. The normalized spacial score (nSPS) is 23.3. The number of halogens is 2. The summed E-state index contributed by atoms with van der Waals surface area (Å²) in [5.74, 6) is 0.516. The molecule has 3 nitrogen and oxygen atoms in total. The second-order valence-electron chi connectivity index (χ2n) is 4.91. The van der Waals surface area contributed by atoms with Gasteiger partial charge in [-0.15, -0.1) is 23.2 Å². The first-order valence-corrected chi connectivity index (χ1v) is 7.06. The predicted molar refractivity (Wildman–Crippen MR) is 77.7 cm³/mol. The Balaban J connectivity index is 1.80. The molecule has 20 heavy (non-hydrogen) atoms. The second-order valence-corrected chi connectivity index (χ2v) is 6.40. The molecule has 3 rings (SSSR count). The molecule has 0 bridgehead atoms. The Hall–Kier alpha value is -1.45. The average molecular weight is 310 g/mol. The first-order valence-electron chi connectivity index (χ1n) is 6.30. The van der Waals surface area contributed by atoms with E-state index in [4.69, 9.17) is 27.6 Å². The summed E-state index contributed by atoms with van der Waals surface area (Å²) in [6.07, 6.45) is 1.98. The van der Waals surface area contributed by atoms with Gasteiger partial charge in [-0.2, -0.15) is 0 Å². The summed E-state index contributed by atoms with van der Waals surface area (Å²) in [4.78, 5) is 12.5. The number of nitrogens with one attached hydrogen (secondary N) is 1. The number of rotatable bonds is 4. The van der Waals surface area contributed by atoms with E-state index in [0.717, 1.165) is 5.56 Å². The van der Waals surface area contributed by atoms with Crippen LogP contribution in [0.4, 0.5) is 0 Å². The van der Waals surface area contributed by atoms with Crippen LogP contribution in [0.1, 0.15) is 17.7 Å². The van der Waals surface area contributed by atoms with Crippen molar-refractivity contribution in [3.63, 3.8) is 0 Å². The van der Waals surface area contributed by atoms with Gasteiger partial charge in [-0.25, -0.2) is 0 Å². The van der Waals surface area contributed by atoms with Crippen molar-refractivity contribution in [3.05, 3.63) is 60.1 Å². The number of furan rings is 1. The van der Waals surface area contributed by atoms with Gasteiger partial charge in [0.1, 0.15) is 15.5 Å². The fourth-order valence-corrected chi connectivity index (χ4v) is 3.22. The van der Waals surface area contributed by atoms with Crippen LogP contribution in [0.15, 0.2) is 53.1 Å². The summed E-state index contributed by atoms with van der Waals surface area (Å²) in [6.45, 7) is 0.324. The van der Waals surface area contributed by atoms with Crippen LogP contribution in [0.5, 0.6) is 0 Å². The van der Waals surface area contributed by atoms with Gasteiger partial charge in [-0.05, 0) is 17.7 Å². The van der Waals surface area contributed by atoms with E-state index in [9.17, 15) is 4.79 Å². The van der Waals surface area contributed by atoms with Gasteiger partial charge < -0.3 is 9.73 Å². The van der Waals surface area contributed by atoms with Crippen LogP contribution in [-0.2, 0) is 16.8 Å². The molecule has 1 amide bonds. The molecule has 1 aliphatic rings. The minimum Gasteiger partial charge on any atom is -0.467 e. The molecule has 2 aromatic rings. The minimum atomic E-state index is -1.05. The predicted octanol–water partition coefficient (Wildman–Crippen LogP) is 3.41. The summed E-state index contributed by atoms with van der Waals surface area (Å²) in [5, 5.41) is 2.84. The maximum Gasteiger partial charge on any atom is 0.234 e. The smallest absolute Gasteiger partial charge is 0.234 e. The highest BCUT2D eigenvalue weighted by Gasteiger charge is 2.72. The van der Waals surface area contributed by atoms with E-state index in [2.05, 4.69) is 5.32 Å². The molecule has 1 heterocycles. The van der Waals surface area contributed by atoms with E-state index in [1.54, 1.807) is 18.4 Å². The number of amides is 1. The zero-order valence-electron chi connectivity index (χ0n) is 10.6. The third-order valence-corrected chi connectivity index (χ3v) is 4.56. The van der Waals surface area contributed by atoms with Gasteiger partial charge in [0.05, 0.1) is 12.8 Å². The van der Waals surface area contributed by atoms with Crippen LogP contribution in [0.2, 0.25) is 0 Å². The molecule has 0 spiro atoms. The second kappa shape index (κ2) is 4.83. The first-order chi connectivity index (χ1) is 9.56. The van der Waals surface area contributed by atoms with Crippen molar-refractivity contribution < 1.29 is 9.21 Å². The molecule has 5 heteroatoms. The Morgan fingerprint density at radius 2 is 1.90 bits per heavy atom. The summed E-state index contributed by atoms with van der Waals surface area (Å²) >= 11 is 12.5. The van der Waals surface area contributed by atoms with Crippen LogP contribution >= 0.6 is 23.2 Å². The molecule has 1 fully saturated rings. The Kier molecular flexibility index (Phi) is 3.27. The summed E-state index contributed by atoms with van der Waals surface area (Å²) in [5.41, 5.74) is -0.0359. The van der Waals surface area contributed by atoms with Gasteiger partial charge >= 0.3 is 0 Å². The van der Waals surface area contributed by atoms with Gasteiger partial charge in [0.25, 0.3) is 0 Å². The molecule has 1 aliphatic carbocycles. The van der Waals surface area contributed by atoms with E-state index in [1.807, 2.05) is 30.3 Å². The third kappa shape index (κ3) is 2.11. The topological polar surface area (TPSA) is 42.2 Å². The Morgan fingerprint density at radius 3 is 2.45 bits per heavy atom. The van der Waals surface area contributed by atoms with Crippen molar-refractivity contribution in [2.24, 2.45) is 0 Å². The van der Waals surface area contributed by atoms with Gasteiger partial charge in [0, 0.05) is 6.42 Å². The molecule has 0 radical (unpaired) electrons. The Bertz CT molecular complexity index is 610. The number of alkyl halides is 2. The standard InChI is InChI=1S/C15H13Cl2NO2/c16-15(17)10-14(15,11-5-2-1-3-6-11)13(19)18-9-12-7-4-8-20-12/h1-8H,9-10H2,(H,18,19). The number of benzene rings is 1. The van der Waals surface area contributed by atoms with Gasteiger partial charge in [-0.1, -0.05) is 30.3 Å². The van der Waals surface area contributed by atoms with E-state index in [-0.39, 0.29) is 5.91 Å². The van der Waals surface area contributed by atoms with Crippen LogP contribution in [-0.4, -0.2) is 10.2 Å². The molecule has 1 atom stereocenters. The quantitative estimate of drug-likeness (QED) is 0.879. The van der Waals surface area contributed by atoms with Crippen LogP contribution in [0, 0.1) is 0 Å². The van der Waals surface area contributed by atoms with Crippen molar-refractivity contribution in [1.82, 2.24) is 5.32 Å². The Labute approximate surface area is 126 Å². The molecule has 1 unspecified atom stereocenters. The lowest BCUT2D eigenvalue weighted by Crippen LogP contribution is -2.37. The third-order valence-electron chi connectivity index (χ3n) is 3.64. The van der Waals surface area contributed by atoms with Gasteiger partial charge in [0.15, 0.2) is 0 Å². The van der Waals surface area contributed by atoms with Gasteiger partial charge in [0.2, 0.25) is 5.91 Å². The number of hydrogen-bond donors (Lipinski definition) is 1. The van der Waals surface area contributed by atoms with Crippen molar-refractivity contribution in [2.45, 2.75) is 22.7 Å². The summed E-state index contributed by atoms with van der Waals surface area (Å²) in [7, 11) is 0.